The maximum absolute atomic E-state index is 11.2. The lowest BCUT2D eigenvalue weighted by Crippen LogP contribution is -2.50. The molecule has 17 heavy (non-hydrogen) atoms. The van der Waals surface area contributed by atoms with Gasteiger partial charge in [0.15, 0.2) is 0 Å². The van der Waals surface area contributed by atoms with Crippen molar-refractivity contribution >= 4 is 0 Å². The van der Waals surface area contributed by atoms with E-state index in [4.69, 9.17) is 0 Å². The van der Waals surface area contributed by atoms with Crippen LogP contribution in [0, 0.1) is 11.8 Å². The molecule has 2 heteroatoms. The Kier molecular flexibility index (Phi) is 3.20. The summed E-state index contributed by atoms with van der Waals surface area (Å²) in [6.45, 7) is 4.69. The first-order valence-electron chi connectivity index (χ1n) is 7.72. The molecule has 0 amide bonds. The monoisotopic (exact) mass is 237 g/mol. The van der Waals surface area contributed by atoms with Crippen molar-refractivity contribution in [2.75, 3.05) is 13.1 Å². The van der Waals surface area contributed by atoms with Crippen molar-refractivity contribution in [3.8, 4) is 0 Å². The standard InChI is InChI=1S/C15H27NO/c1-2-12-6-3-4-7-13(12)15(17)9-11-16-10-5-8-14(15)16/h12-14,17H,2-11H2,1H3. The molecule has 1 N–H and O–H groups in total. The summed E-state index contributed by atoms with van der Waals surface area (Å²) in [5.74, 6) is 1.38. The van der Waals surface area contributed by atoms with E-state index in [0.717, 1.165) is 18.9 Å². The summed E-state index contributed by atoms with van der Waals surface area (Å²) in [6, 6.07) is 0.500. The normalized spacial score (nSPS) is 47.3. The zero-order valence-corrected chi connectivity index (χ0v) is 11.2. The molecule has 0 aromatic carbocycles. The van der Waals surface area contributed by atoms with E-state index in [1.54, 1.807) is 0 Å². The van der Waals surface area contributed by atoms with Crippen LogP contribution in [0.15, 0.2) is 0 Å². The Balaban J connectivity index is 1.81. The molecule has 0 spiro atoms. The van der Waals surface area contributed by atoms with Crippen molar-refractivity contribution in [2.45, 2.75) is 69.9 Å². The minimum absolute atomic E-state index is 0.336. The molecule has 2 nitrogen and oxygen atoms in total. The quantitative estimate of drug-likeness (QED) is 0.798. The van der Waals surface area contributed by atoms with Crippen molar-refractivity contribution in [1.29, 1.82) is 0 Å². The fourth-order valence-electron chi connectivity index (χ4n) is 4.94. The SMILES string of the molecule is CCC1CCCCC1C1(O)CCN2CCCC21. The first-order chi connectivity index (χ1) is 8.25. The smallest absolute Gasteiger partial charge is 0.0844 e. The van der Waals surface area contributed by atoms with Crippen LogP contribution in [0.2, 0.25) is 0 Å². The summed E-state index contributed by atoms with van der Waals surface area (Å²) >= 11 is 0. The third kappa shape index (κ3) is 1.84. The predicted molar refractivity (Wildman–Crippen MR) is 69.9 cm³/mol. The largest absolute Gasteiger partial charge is 0.388 e. The van der Waals surface area contributed by atoms with E-state index in [1.165, 1.54) is 51.5 Å². The van der Waals surface area contributed by atoms with Crippen LogP contribution in [-0.2, 0) is 0 Å². The van der Waals surface area contributed by atoms with Gasteiger partial charge >= 0.3 is 0 Å². The van der Waals surface area contributed by atoms with Crippen LogP contribution in [0.1, 0.15) is 58.3 Å². The molecule has 3 fully saturated rings. The third-order valence-corrected chi connectivity index (χ3v) is 5.82. The summed E-state index contributed by atoms with van der Waals surface area (Å²) < 4.78 is 0. The van der Waals surface area contributed by atoms with Gasteiger partial charge in [0.2, 0.25) is 0 Å². The number of aliphatic hydroxyl groups is 1. The van der Waals surface area contributed by atoms with Crippen LogP contribution >= 0.6 is 0 Å². The van der Waals surface area contributed by atoms with Gasteiger partial charge in [0.1, 0.15) is 0 Å². The average Bonchev–Trinajstić information content (AvgIpc) is 2.94. The predicted octanol–water partition coefficient (Wildman–Crippen LogP) is 2.80. The van der Waals surface area contributed by atoms with E-state index in [-0.39, 0.29) is 5.60 Å². The highest BCUT2D eigenvalue weighted by Gasteiger charge is 2.53. The number of hydrogen-bond donors (Lipinski definition) is 1. The minimum atomic E-state index is -0.336. The lowest BCUT2D eigenvalue weighted by Gasteiger charge is -2.44. The van der Waals surface area contributed by atoms with E-state index in [0.29, 0.717) is 12.0 Å². The Morgan fingerprint density at radius 3 is 2.76 bits per heavy atom. The molecule has 0 radical (unpaired) electrons. The number of nitrogens with zero attached hydrogens (tertiary/aromatic N) is 1. The first-order valence-corrected chi connectivity index (χ1v) is 7.72. The summed E-state index contributed by atoms with van der Waals surface area (Å²) in [5, 5.41) is 11.2. The molecule has 0 aromatic rings. The van der Waals surface area contributed by atoms with Crippen LogP contribution in [0.3, 0.4) is 0 Å². The van der Waals surface area contributed by atoms with Crippen LogP contribution in [0.5, 0.6) is 0 Å². The second-order valence-corrected chi connectivity index (χ2v) is 6.49. The van der Waals surface area contributed by atoms with Gasteiger partial charge in [-0.2, -0.15) is 0 Å². The third-order valence-electron chi connectivity index (χ3n) is 5.82. The Morgan fingerprint density at radius 1 is 1.12 bits per heavy atom. The molecule has 2 saturated heterocycles. The highest BCUT2D eigenvalue weighted by Crippen LogP contribution is 2.48. The summed E-state index contributed by atoms with van der Waals surface area (Å²) in [5.41, 5.74) is -0.336. The van der Waals surface area contributed by atoms with Crippen LogP contribution in [-0.4, -0.2) is 34.7 Å². The molecule has 0 bridgehead atoms. The second-order valence-electron chi connectivity index (χ2n) is 6.49. The molecule has 98 valence electrons. The first kappa shape index (κ1) is 12.0. The van der Waals surface area contributed by atoms with Gasteiger partial charge in [0, 0.05) is 12.6 Å². The van der Waals surface area contributed by atoms with Crippen LogP contribution < -0.4 is 0 Å². The molecular weight excluding hydrogens is 210 g/mol. The molecule has 4 unspecified atom stereocenters. The molecule has 0 aromatic heterocycles. The highest BCUT2D eigenvalue weighted by molar-refractivity contribution is 5.07. The number of hydrogen-bond acceptors (Lipinski definition) is 2. The zero-order valence-electron chi connectivity index (χ0n) is 11.2. The molecule has 1 saturated carbocycles. The fraction of sp³-hybridized carbons (Fsp3) is 1.00. The van der Waals surface area contributed by atoms with Gasteiger partial charge in [-0.05, 0) is 44.1 Å². The van der Waals surface area contributed by atoms with E-state index in [9.17, 15) is 5.11 Å². The van der Waals surface area contributed by atoms with Gasteiger partial charge in [-0.15, -0.1) is 0 Å². The molecule has 4 atom stereocenters. The lowest BCUT2D eigenvalue weighted by molar-refractivity contribution is -0.0748. The topological polar surface area (TPSA) is 23.5 Å². The highest BCUT2D eigenvalue weighted by atomic mass is 16.3. The summed E-state index contributed by atoms with van der Waals surface area (Å²) in [7, 11) is 0. The Morgan fingerprint density at radius 2 is 1.94 bits per heavy atom. The lowest BCUT2D eigenvalue weighted by atomic mass is 9.66. The Bertz CT molecular complexity index is 280. The number of fused-ring (bicyclic) bond motifs is 1. The van der Waals surface area contributed by atoms with Gasteiger partial charge in [-0.25, -0.2) is 0 Å². The molecule has 3 aliphatic rings. The van der Waals surface area contributed by atoms with E-state index < -0.39 is 0 Å². The van der Waals surface area contributed by atoms with E-state index in [1.807, 2.05) is 0 Å². The molecule has 2 heterocycles. The molecule has 1 aliphatic carbocycles. The van der Waals surface area contributed by atoms with Crippen LogP contribution in [0.4, 0.5) is 0 Å². The van der Waals surface area contributed by atoms with Crippen molar-refractivity contribution < 1.29 is 5.11 Å². The second kappa shape index (κ2) is 4.55. The van der Waals surface area contributed by atoms with Gasteiger partial charge in [-0.1, -0.05) is 32.6 Å². The fourth-order valence-corrected chi connectivity index (χ4v) is 4.94. The van der Waals surface area contributed by atoms with Gasteiger partial charge in [0.05, 0.1) is 5.60 Å². The van der Waals surface area contributed by atoms with Crippen molar-refractivity contribution in [1.82, 2.24) is 4.90 Å². The van der Waals surface area contributed by atoms with Crippen molar-refractivity contribution in [2.24, 2.45) is 11.8 Å². The van der Waals surface area contributed by atoms with E-state index in [2.05, 4.69) is 11.8 Å². The maximum atomic E-state index is 11.2. The Hall–Kier alpha value is -0.0800. The van der Waals surface area contributed by atoms with E-state index >= 15 is 0 Å². The van der Waals surface area contributed by atoms with Gasteiger partial charge in [0.25, 0.3) is 0 Å². The molecule has 3 rings (SSSR count). The minimum Gasteiger partial charge on any atom is -0.388 e. The number of rotatable bonds is 2. The molecular formula is C15H27NO. The summed E-state index contributed by atoms with van der Waals surface area (Å²) in [6.07, 6.45) is 10.2. The summed E-state index contributed by atoms with van der Waals surface area (Å²) in [4.78, 5) is 2.56. The molecule has 2 aliphatic heterocycles. The van der Waals surface area contributed by atoms with Crippen LogP contribution in [0.25, 0.3) is 0 Å². The maximum Gasteiger partial charge on any atom is 0.0844 e. The van der Waals surface area contributed by atoms with Crippen molar-refractivity contribution in [3.05, 3.63) is 0 Å². The van der Waals surface area contributed by atoms with Crippen molar-refractivity contribution in [3.63, 3.8) is 0 Å². The average molecular weight is 237 g/mol. The van der Waals surface area contributed by atoms with Gasteiger partial charge < -0.3 is 5.11 Å². The Labute approximate surface area is 105 Å². The zero-order chi connectivity index (χ0) is 11.9. The van der Waals surface area contributed by atoms with Gasteiger partial charge in [-0.3, -0.25) is 4.90 Å².